The Bertz CT molecular complexity index is 511. The molecule has 0 spiro atoms. The first-order valence-corrected chi connectivity index (χ1v) is 5.90. The molecule has 0 bridgehead atoms. The van der Waals surface area contributed by atoms with Crippen molar-refractivity contribution in [3.63, 3.8) is 0 Å². The summed E-state index contributed by atoms with van der Waals surface area (Å²) in [5, 5.41) is 3.80. The normalized spacial score (nSPS) is 10.7. The quantitative estimate of drug-likeness (QED) is 0.832. The molecule has 0 aliphatic rings. The second kappa shape index (κ2) is 5.83. The molecular weight excluding hydrogens is 256 g/mol. The number of hydrogen-bond acceptors (Lipinski definition) is 1. The van der Waals surface area contributed by atoms with E-state index in [1.54, 1.807) is 18.2 Å². The lowest BCUT2D eigenvalue weighted by Gasteiger charge is -2.08. The predicted molar refractivity (Wildman–Crippen MR) is 70.2 cm³/mol. The highest BCUT2D eigenvalue weighted by atomic mass is 35.5. The summed E-state index contributed by atoms with van der Waals surface area (Å²) in [6, 6.07) is 13.7. The molecule has 4 heteroatoms. The van der Waals surface area contributed by atoms with Crippen LogP contribution in [0.15, 0.2) is 48.5 Å². The Morgan fingerprint density at radius 2 is 1.67 bits per heavy atom. The highest BCUT2D eigenvalue weighted by molar-refractivity contribution is 6.33. The Hall–Kier alpha value is -1.61. The fourth-order valence-corrected chi connectivity index (χ4v) is 1.79. The van der Waals surface area contributed by atoms with Crippen molar-refractivity contribution in [3.8, 4) is 0 Å². The summed E-state index contributed by atoms with van der Waals surface area (Å²) in [5.41, 5.74) is 1.80. The molecule has 94 valence electrons. The molecule has 1 nitrogen and oxygen atoms in total. The smallest absolute Gasteiger partial charge is 0.263 e. The first-order valence-electron chi connectivity index (χ1n) is 5.52. The minimum Gasteiger partial charge on any atom is -0.380 e. The monoisotopic (exact) mass is 267 g/mol. The molecule has 0 aliphatic carbocycles. The van der Waals surface area contributed by atoms with Crippen LogP contribution in [-0.4, -0.2) is 0 Å². The van der Waals surface area contributed by atoms with Crippen LogP contribution in [-0.2, 0) is 6.54 Å². The second-order valence-electron chi connectivity index (χ2n) is 3.88. The lowest BCUT2D eigenvalue weighted by atomic mass is 10.1. The maximum atomic E-state index is 12.4. The minimum atomic E-state index is -2.42. The molecule has 2 aromatic rings. The van der Waals surface area contributed by atoms with Crippen molar-refractivity contribution in [1.82, 2.24) is 0 Å². The summed E-state index contributed by atoms with van der Waals surface area (Å²) < 4.78 is 24.7. The van der Waals surface area contributed by atoms with E-state index in [0.717, 1.165) is 11.3 Å². The van der Waals surface area contributed by atoms with Gasteiger partial charge in [-0.1, -0.05) is 48.0 Å². The first kappa shape index (κ1) is 12.8. The molecule has 2 aromatic carbocycles. The SMILES string of the molecule is FC(F)c1ccc(CNc2ccccc2Cl)cc1. The van der Waals surface area contributed by atoms with Crippen LogP contribution in [0, 0.1) is 0 Å². The van der Waals surface area contributed by atoms with Gasteiger partial charge in [-0.2, -0.15) is 0 Å². The van der Waals surface area contributed by atoms with E-state index >= 15 is 0 Å². The standard InChI is InChI=1S/C14H12ClF2N/c15-12-3-1-2-4-13(12)18-9-10-5-7-11(8-6-10)14(16)17/h1-8,14,18H,9H2. The lowest BCUT2D eigenvalue weighted by Crippen LogP contribution is -2.00. The molecule has 1 N–H and O–H groups in total. The van der Waals surface area contributed by atoms with E-state index in [1.165, 1.54) is 12.1 Å². The Kier molecular flexibility index (Phi) is 4.15. The fraction of sp³-hybridized carbons (Fsp3) is 0.143. The van der Waals surface area contributed by atoms with Crippen LogP contribution in [0.3, 0.4) is 0 Å². The number of para-hydroxylation sites is 1. The van der Waals surface area contributed by atoms with Crippen molar-refractivity contribution in [3.05, 3.63) is 64.7 Å². The molecule has 0 unspecified atom stereocenters. The van der Waals surface area contributed by atoms with Gasteiger partial charge < -0.3 is 5.32 Å². The van der Waals surface area contributed by atoms with Crippen molar-refractivity contribution in [2.45, 2.75) is 13.0 Å². The van der Waals surface area contributed by atoms with Gasteiger partial charge in [-0.15, -0.1) is 0 Å². The highest BCUT2D eigenvalue weighted by Crippen LogP contribution is 2.22. The van der Waals surface area contributed by atoms with E-state index in [9.17, 15) is 8.78 Å². The molecule has 0 aliphatic heterocycles. The number of hydrogen-bond donors (Lipinski definition) is 1. The van der Waals surface area contributed by atoms with E-state index in [1.807, 2.05) is 18.2 Å². The summed E-state index contributed by atoms with van der Waals surface area (Å²) in [4.78, 5) is 0. The van der Waals surface area contributed by atoms with E-state index in [0.29, 0.717) is 11.6 Å². The van der Waals surface area contributed by atoms with Gasteiger partial charge in [0.15, 0.2) is 0 Å². The topological polar surface area (TPSA) is 12.0 Å². The van der Waals surface area contributed by atoms with Crippen LogP contribution in [0.2, 0.25) is 5.02 Å². The van der Waals surface area contributed by atoms with Crippen LogP contribution in [0.1, 0.15) is 17.6 Å². The summed E-state index contributed by atoms with van der Waals surface area (Å²) in [6.07, 6.45) is -2.42. The molecular formula is C14H12ClF2N. The van der Waals surface area contributed by atoms with E-state index in [-0.39, 0.29) is 5.56 Å². The molecule has 0 heterocycles. The molecule has 18 heavy (non-hydrogen) atoms. The third kappa shape index (κ3) is 3.20. The summed E-state index contributed by atoms with van der Waals surface area (Å²) in [7, 11) is 0. The molecule has 0 radical (unpaired) electrons. The van der Waals surface area contributed by atoms with Crippen LogP contribution in [0.5, 0.6) is 0 Å². The van der Waals surface area contributed by atoms with Gasteiger partial charge in [0.2, 0.25) is 0 Å². The Balaban J connectivity index is 2.00. The van der Waals surface area contributed by atoms with Crippen molar-refractivity contribution in [2.24, 2.45) is 0 Å². The Morgan fingerprint density at radius 1 is 1.00 bits per heavy atom. The number of halogens is 3. The zero-order chi connectivity index (χ0) is 13.0. The fourth-order valence-electron chi connectivity index (χ4n) is 1.58. The Morgan fingerprint density at radius 3 is 2.28 bits per heavy atom. The van der Waals surface area contributed by atoms with E-state index in [4.69, 9.17) is 11.6 Å². The summed E-state index contributed by atoms with van der Waals surface area (Å²) in [6.45, 7) is 0.549. The lowest BCUT2D eigenvalue weighted by molar-refractivity contribution is 0.151. The molecule has 0 atom stereocenters. The number of benzene rings is 2. The molecule has 0 saturated carbocycles. The minimum absolute atomic E-state index is 0.0384. The van der Waals surface area contributed by atoms with Crippen molar-refractivity contribution < 1.29 is 8.78 Å². The molecule has 0 aromatic heterocycles. The maximum Gasteiger partial charge on any atom is 0.263 e. The van der Waals surface area contributed by atoms with Crippen LogP contribution < -0.4 is 5.32 Å². The average molecular weight is 268 g/mol. The van der Waals surface area contributed by atoms with Crippen LogP contribution in [0.4, 0.5) is 14.5 Å². The number of rotatable bonds is 4. The third-order valence-electron chi connectivity index (χ3n) is 2.59. The molecule has 2 rings (SSSR count). The molecule has 0 fully saturated rings. The van der Waals surface area contributed by atoms with Crippen molar-refractivity contribution in [2.75, 3.05) is 5.32 Å². The summed E-state index contributed by atoms with van der Waals surface area (Å²) >= 11 is 6.00. The van der Waals surface area contributed by atoms with E-state index < -0.39 is 6.43 Å². The molecule has 0 amide bonds. The Labute approximate surface area is 109 Å². The molecule has 0 saturated heterocycles. The van der Waals surface area contributed by atoms with Gasteiger partial charge >= 0.3 is 0 Å². The van der Waals surface area contributed by atoms with Gasteiger partial charge in [0.1, 0.15) is 0 Å². The van der Waals surface area contributed by atoms with Crippen molar-refractivity contribution >= 4 is 17.3 Å². The van der Waals surface area contributed by atoms with E-state index in [2.05, 4.69) is 5.32 Å². The van der Waals surface area contributed by atoms with Gasteiger partial charge in [0.05, 0.1) is 10.7 Å². The first-order chi connectivity index (χ1) is 8.66. The number of nitrogens with one attached hydrogen (secondary N) is 1. The van der Waals surface area contributed by atoms with Gasteiger partial charge in [-0.05, 0) is 17.7 Å². The summed E-state index contributed by atoms with van der Waals surface area (Å²) in [5.74, 6) is 0. The highest BCUT2D eigenvalue weighted by Gasteiger charge is 2.05. The number of anilines is 1. The average Bonchev–Trinajstić information content (AvgIpc) is 2.38. The van der Waals surface area contributed by atoms with Crippen molar-refractivity contribution in [1.29, 1.82) is 0 Å². The third-order valence-corrected chi connectivity index (χ3v) is 2.92. The van der Waals surface area contributed by atoms with Crippen LogP contribution in [0.25, 0.3) is 0 Å². The van der Waals surface area contributed by atoms with Gasteiger partial charge in [-0.3, -0.25) is 0 Å². The van der Waals surface area contributed by atoms with Gasteiger partial charge in [0, 0.05) is 12.1 Å². The zero-order valence-corrected chi connectivity index (χ0v) is 10.3. The largest absolute Gasteiger partial charge is 0.380 e. The predicted octanol–water partition coefficient (Wildman–Crippen LogP) is 4.89. The van der Waals surface area contributed by atoms with Crippen LogP contribution >= 0.6 is 11.6 Å². The second-order valence-corrected chi connectivity index (χ2v) is 4.28. The maximum absolute atomic E-state index is 12.4. The zero-order valence-electron chi connectivity index (χ0n) is 9.54. The number of alkyl halides is 2. The van der Waals surface area contributed by atoms with Gasteiger partial charge in [-0.25, -0.2) is 8.78 Å². The van der Waals surface area contributed by atoms with Gasteiger partial charge in [0.25, 0.3) is 6.43 Å².